The summed E-state index contributed by atoms with van der Waals surface area (Å²) in [6.07, 6.45) is 0.806. The van der Waals surface area contributed by atoms with Crippen LogP contribution in [0.25, 0.3) is 0 Å². The van der Waals surface area contributed by atoms with Crippen molar-refractivity contribution in [3.05, 3.63) is 65.2 Å². The smallest absolute Gasteiger partial charge is 0.337 e. The van der Waals surface area contributed by atoms with Crippen LogP contribution in [0.15, 0.2) is 48.5 Å². The number of hydrogen-bond donors (Lipinski definition) is 1. The van der Waals surface area contributed by atoms with Crippen molar-refractivity contribution in [2.75, 3.05) is 19.0 Å². The van der Waals surface area contributed by atoms with E-state index in [0.717, 1.165) is 17.5 Å². The largest absolute Gasteiger partial charge is 0.465 e. The molecule has 0 heterocycles. The Hall–Kier alpha value is -3.15. The molecule has 154 valence electrons. The molecular formula is C23H27NO5. The molecule has 0 unspecified atom stereocenters. The van der Waals surface area contributed by atoms with Crippen LogP contribution in [0.5, 0.6) is 0 Å². The Morgan fingerprint density at radius 3 is 2.38 bits per heavy atom. The van der Waals surface area contributed by atoms with Gasteiger partial charge in [0.25, 0.3) is 5.91 Å². The Kier molecular flexibility index (Phi) is 7.95. The SMILES string of the molecule is CC[C@@H](C)[C@@H](C(=O)OCC(=O)Nc1cc(C(=O)OC)ccc1C)c1ccccc1. The average molecular weight is 397 g/mol. The molecule has 0 spiro atoms. The van der Waals surface area contributed by atoms with Gasteiger partial charge in [-0.05, 0) is 36.1 Å². The normalized spacial score (nSPS) is 12.6. The van der Waals surface area contributed by atoms with Crippen molar-refractivity contribution in [3.63, 3.8) is 0 Å². The van der Waals surface area contributed by atoms with Gasteiger partial charge in [-0.25, -0.2) is 4.79 Å². The number of carbonyl (C=O) groups is 3. The van der Waals surface area contributed by atoms with Crippen LogP contribution in [0, 0.1) is 12.8 Å². The first-order valence-corrected chi connectivity index (χ1v) is 9.57. The fourth-order valence-corrected chi connectivity index (χ4v) is 3.01. The van der Waals surface area contributed by atoms with Gasteiger partial charge in [-0.3, -0.25) is 9.59 Å². The number of benzene rings is 2. The second-order valence-corrected chi connectivity index (χ2v) is 6.95. The molecule has 2 aromatic rings. The molecule has 0 aliphatic rings. The summed E-state index contributed by atoms with van der Waals surface area (Å²) in [4.78, 5) is 36.7. The highest BCUT2D eigenvalue weighted by Gasteiger charge is 2.27. The van der Waals surface area contributed by atoms with E-state index in [0.29, 0.717) is 11.3 Å². The molecule has 0 aliphatic carbocycles. The molecule has 2 rings (SSSR count). The van der Waals surface area contributed by atoms with Gasteiger partial charge in [-0.15, -0.1) is 0 Å². The molecule has 0 saturated heterocycles. The Morgan fingerprint density at radius 2 is 1.76 bits per heavy atom. The molecule has 0 aliphatic heterocycles. The van der Waals surface area contributed by atoms with Gasteiger partial charge < -0.3 is 14.8 Å². The maximum atomic E-state index is 12.7. The third-order valence-corrected chi connectivity index (χ3v) is 4.90. The lowest BCUT2D eigenvalue weighted by atomic mass is 9.86. The lowest BCUT2D eigenvalue weighted by molar-refractivity contribution is -0.150. The number of carbonyl (C=O) groups excluding carboxylic acids is 3. The van der Waals surface area contributed by atoms with E-state index in [4.69, 9.17) is 9.47 Å². The molecule has 6 heteroatoms. The molecule has 2 aromatic carbocycles. The molecule has 0 aromatic heterocycles. The summed E-state index contributed by atoms with van der Waals surface area (Å²) >= 11 is 0. The minimum Gasteiger partial charge on any atom is -0.465 e. The maximum absolute atomic E-state index is 12.7. The number of amides is 1. The van der Waals surface area contributed by atoms with Crippen molar-refractivity contribution in [1.29, 1.82) is 0 Å². The van der Waals surface area contributed by atoms with E-state index in [9.17, 15) is 14.4 Å². The van der Waals surface area contributed by atoms with Gasteiger partial charge in [-0.1, -0.05) is 56.7 Å². The number of nitrogens with one attached hydrogen (secondary N) is 1. The van der Waals surface area contributed by atoms with E-state index < -0.39 is 30.4 Å². The van der Waals surface area contributed by atoms with Gasteiger partial charge in [0.15, 0.2) is 6.61 Å². The highest BCUT2D eigenvalue weighted by molar-refractivity contribution is 5.96. The van der Waals surface area contributed by atoms with Crippen molar-refractivity contribution in [1.82, 2.24) is 0 Å². The van der Waals surface area contributed by atoms with E-state index in [1.54, 1.807) is 19.1 Å². The molecule has 0 saturated carbocycles. The van der Waals surface area contributed by atoms with E-state index >= 15 is 0 Å². The van der Waals surface area contributed by atoms with Crippen LogP contribution in [0.3, 0.4) is 0 Å². The molecule has 29 heavy (non-hydrogen) atoms. The van der Waals surface area contributed by atoms with E-state index in [2.05, 4.69) is 5.32 Å². The molecule has 0 radical (unpaired) electrons. The van der Waals surface area contributed by atoms with Crippen LogP contribution in [-0.2, 0) is 19.1 Å². The second-order valence-electron chi connectivity index (χ2n) is 6.95. The molecule has 1 N–H and O–H groups in total. The van der Waals surface area contributed by atoms with E-state index in [1.165, 1.54) is 13.2 Å². The third kappa shape index (κ3) is 5.91. The zero-order valence-electron chi connectivity index (χ0n) is 17.2. The summed E-state index contributed by atoms with van der Waals surface area (Å²) in [5, 5.41) is 2.68. The summed E-state index contributed by atoms with van der Waals surface area (Å²) in [6, 6.07) is 14.3. The summed E-state index contributed by atoms with van der Waals surface area (Å²) in [5.41, 5.74) is 2.44. The zero-order chi connectivity index (χ0) is 21.4. The van der Waals surface area contributed by atoms with Gasteiger partial charge >= 0.3 is 11.9 Å². The first-order chi connectivity index (χ1) is 13.9. The Morgan fingerprint density at radius 1 is 1.07 bits per heavy atom. The van der Waals surface area contributed by atoms with Gasteiger partial charge in [0.2, 0.25) is 0 Å². The van der Waals surface area contributed by atoms with Crippen LogP contribution >= 0.6 is 0 Å². The maximum Gasteiger partial charge on any atom is 0.337 e. The second kappa shape index (κ2) is 10.4. The zero-order valence-corrected chi connectivity index (χ0v) is 17.2. The average Bonchev–Trinajstić information content (AvgIpc) is 2.74. The fourth-order valence-electron chi connectivity index (χ4n) is 3.01. The third-order valence-electron chi connectivity index (χ3n) is 4.90. The summed E-state index contributed by atoms with van der Waals surface area (Å²) < 4.78 is 10.0. The van der Waals surface area contributed by atoms with Crippen LogP contribution in [0.4, 0.5) is 5.69 Å². The van der Waals surface area contributed by atoms with Crippen molar-refractivity contribution < 1.29 is 23.9 Å². The van der Waals surface area contributed by atoms with Crippen molar-refractivity contribution in [3.8, 4) is 0 Å². The minimum absolute atomic E-state index is 0.0759. The highest BCUT2D eigenvalue weighted by atomic mass is 16.5. The summed E-state index contributed by atoms with van der Waals surface area (Å²) in [5.74, 6) is -1.75. The first kappa shape index (κ1) is 22.1. The summed E-state index contributed by atoms with van der Waals surface area (Å²) in [6.45, 7) is 5.40. The molecule has 1 amide bonds. The quantitative estimate of drug-likeness (QED) is 0.679. The van der Waals surface area contributed by atoms with E-state index in [1.807, 2.05) is 44.2 Å². The number of rotatable bonds is 8. The topological polar surface area (TPSA) is 81.7 Å². The standard InChI is InChI=1S/C23H27NO5/c1-5-15(2)21(17-9-7-6-8-10-17)23(27)29-14-20(25)24-19-13-18(22(26)28-4)12-11-16(19)3/h6-13,15,21H,5,14H2,1-4H3,(H,24,25)/t15-,21-/m1/s1. The first-order valence-electron chi connectivity index (χ1n) is 9.57. The Bertz CT molecular complexity index is 863. The van der Waals surface area contributed by atoms with Gasteiger partial charge in [-0.2, -0.15) is 0 Å². The predicted octanol–water partition coefficient (Wildman–Crippen LogP) is 4.09. The van der Waals surface area contributed by atoms with Gasteiger partial charge in [0, 0.05) is 5.69 Å². The fraction of sp³-hybridized carbons (Fsp3) is 0.348. The van der Waals surface area contributed by atoms with Crippen LogP contribution in [0.2, 0.25) is 0 Å². The highest BCUT2D eigenvalue weighted by Crippen LogP contribution is 2.28. The number of hydrogen-bond acceptors (Lipinski definition) is 5. The number of aryl methyl sites for hydroxylation is 1. The predicted molar refractivity (Wildman–Crippen MR) is 111 cm³/mol. The number of methoxy groups -OCH3 is 1. The van der Waals surface area contributed by atoms with Crippen LogP contribution in [0.1, 0.15) is 47.7 Å². The Balaban J connectivity index is 2.04. The molecule has 2 atom stereocenters. The minimum atomic E-state index is -0.494. The molecular weight excluding hydrogens is 370 g/mol. The van der Waals surface area contributed by atoms with Gasteiger partial charge in [0.1, 0.15) is 0 Å². The molecule has 0 bridgehead atoms. The van der Waals surface area contributed by atoms with Crippen LogP contribution in [-0.4, -0.2) is 31.6 Å². The van der Waals surface area contributed by atoms with Crippen molar-refractivity contribution in [2.45, 2.75) is 33.1 Å². The summed E-state index contributed by atoms with van der Waals surface area (Å²) in [7, 11) is 1.29. The van der Waals surface area contributed by atoms with Gasteiger partial charge in [0.05, 0.1) is 18.6 Å². The lowest BCUT2D eigenvalue weighted by Gasteiger charge is -2.21. The monoisotopic (exact) mass is 397 g/mol. The number of esters is 2. The van der Waals surface area contributed by atoms with Crippen molar-refractivity contribution in [2.24, 2.45) is 5.92 Å². The number of ether oxygens (including phenoxy) is 2. The van der Waals surface area contributed by atoms with E-state index in [-0.39, 0.29) is 5.92 Å². The lowest BCUT2D eigenvalue weighted by Crippen LogP contribution is -2.27. The molecule has 0 fully saturated rings. The number of anilines is 1. The Labute approximate surface area is 171 Å². The van der Waals surface area contributed by atoms with Crippen LogP contribution < -0.4 is 5.32 Å². The van der Waals surface area contributed by atoms with Crippen molar-refractivity contribution >= 4 is 23.5 Å². The molecule has 6 nitrogen and oxygen atoms in total.